The molecule has 0 radical (unpaired) electrons. The molecule has 1 fully saturated rings. The minimum atomic E-state index is -3.89. The third-order valence-corrected chi connectivity index (χ3v) is 10.4. The van der Waals surface area contributed by atoms with Gasteiger partial charge in [0, 0.05) is 36.2 Å². The summed E-state index contributed by atoms with van der Waals surface area (Å²) in [4.78, 5) is 28.8. The Labute approximate surface area is 274 Å². The molecule has 2 aliphatic heterocycles. The number of fused-ring (bicyclic) bond motifs is 3. The third kappa shape index (κ3) is 6.57. The zero-order chi connectivity index (χ0) is 33.5. The molecule has 4 aromatic rings. The van der Waals surface area contributed by atoms with Crippen molar-refractivity contribution in [2.75, 3.05) is 24.6 Å². The van der Waals surface area contributed by atoms with Crippen LogP contribution in [0, 0.1) is 13.8 Å². The highest BCUT2D eigenvalue weighted by molar-refractivity contribution is 7.89. The summed E-state index contributed by atoms with van der Waals surface area (Å²) in [6.45, 7) is 9.84. The van der Waals surface area contributed by atoms with Crippen LogP contribution in [0.3, 0.4) is 0 Å². The number of esters is 1. The summed E-state index contributed by atoms with van der Waals surface area (Å²) in [5.41, 5.74) is 3.93. The van der Waals surface area contributed by atoms with Crippen LogP contribution in [0.4, 0.5) is 10.5 Å². The second-order valence-electron chi connectivity index (χ2n) is 13.2. The predicted octanol–water partition coefficient (Wildman–Crippen LogP) is 5.99. The second kappa shape index (κ2) is 12.6. The summed E-state index contributed by atoms with van der Waals surface area (Å²) in [5, 5.41) is 8.37. The molecule has 12 heteroatoms. The van der Waals surface area contributed by atoms with Crippen LogP contribution in [0.15, 0.2) is 65.6 Å². The lowest BCUT2D eigenvalue weighted by Crippen LogP contribution is -2.42. The average molecular weight is 661 g/mol. The lowest BCUT2D eigenvalue weighted by molar-refractivity contribution is -0.147. The van der Waals surface area contributed by atoms with Gasteiger partial charge in [-0.05, 0) is 70.7 Å². The SMILES string of the molecule is Cc1ccc(S(=O)(=O)N2CCC[C@H]2C(=O)OC[C@H]2CN(C(=O)OC(C)(C)C)c3cc(OCc4ccccc4)c4n[nH]c(C)c4c32)cc1. The molecule has 6 rings (SSSR count). The van der Waals surface area contributed by atoms with E-state index in [1.807, 2.05) is 44.2 Å². The van der Waals surface area contributed by atoms with E-state index in [0.717, 1.165) is 27.8 Å². The van der Waals surface area contributed by atoms with E-state index in [-0.39, 0.29) is 24.6 Å². The number of nitrogens with zero attached hydrogens (tertiary/aromatic N) is 3. The smallest absolute Gasteiger partial charge is 0.414 e. The largest absolute Gasteiger partial charge is 0.486 e. The summed E-state index contributed by atoms with van der Waals surface area (Å²) in [5.74, 6) is -0.536. The van der Waals surface area contributed by atoms with E-state index < -0.39 is 39.6 Å². The first-order valence-electron chi connectivity index (χ1n) is 15.8. The number of hydrogen-bond donors (Lipinski definition) is 1. The Bertz CT molecular complexity index is 1900. The summed E-state index contributed by atoms with van der Waals surface area (Å²) in [6.07, 6.45) is 0.375. The minimum absolute atomic E-state index is 0.0655. The Morgan fingerprint density at radius 2 is 1.77 bits per heavy atom. The Morgan fingerprint density at radius 1 is 1.04 bits per heavy atom. The first-order chi connectivity index (χ1) is 22.3. The van der Waals surface area contributed by atoms with Gasteiger partial charge in [-0.25, -0.2) is 13.2 Å². The number of sulfonamides is 1. The summed E-state index contributed by atoms with van der Waals surface area (Å²) in [6, 6.07) is 17.2. The van der Waals surface area contributed by atoms with Crippen molar-refractivity contribution >= 4 is 38.7 Å². The second-order valence-corrected chi connectivity index (χ2v) is 15.0. The van der Waals surface area contributed by atoms with Crippen LogP contribution in [0.1, 0.15) is 61.9 Å². The van der Waals surface area contributed by atoms with Crippen molar-refractivity contribution in [1.82, 2.24) is 14.5 Å². The number of aryl methyl sites for hydroxylation is 2. The normalized spacial score (nSPS) is 18.4. The maximum atomic E-state index is 13.5. The fraction of sp³-hybridized carbons (Fsp3) is 0.400. The molecule has 0 saturated carbocycles. The Morgan fingerprint density at radius 3 is 2.47 bits per heavy atom. The molecule has 248 valence electrons. The highest BCUT2D eigenvalue weighted by Gasteiger charge is 2.42. The number of benzene rings is 3. The van der Waals surface area contributed by atoms with E-state index in [1.54, 1.807) is 56.0 Å². The van der Waals surface area contributed by atoms with Crippen LogP contribution < -0.4 is 9.64 Å². The van der Waals surface area contributed by atoms with Crippen molar-refractivity contribution in [2.24, 2.45) is 0 Å². The summed E-state index contributed by atoms with van der Waals surface area (Å²) < 4.78 is 46.1. The van der Waals surface area contributed by atoms with Crippen LogP contribution >= 0.6 is 0 Å². The molecule has 2 aliphatic rings. The molecule has 11 nitrogen and oxygen atoms in total. The molecule has 0 spiro atoms. The lowest BCUT2D eigenvalue weighted by Gasteiger charge is -2.25. The van der Waals surface area contributed by atoms with E-state index in [0.29, 0.717) is 36.4 Å². The van der Waals surface area contributed by atoms with Crippen molar-refractivity contribution in [3.63, 3.8) is 0 Å². The van der Waals surface area contributed by atoms with Crippen molar-refractivity contribution < 1.29 is 32.2 Å². The first kappa shape index (κ1) is 32.5. The number of nitrogens with one attached hydrogen (secondary N) is 1. The molecule has 0 bridgehead atoms. The van der Waals surface area contributed by atoms with Crippen LogP contribution in [-0.2, 0) is 30.9 Å². The third-order valence-electron chi connectivity index (χ3n) is 8.48. The van der Waals surface area contributed by atoms with Gasteiger partial charge >= 0.3 is 12.1 Å². The fourth-order valence-corrected chi connectivity index (χ4v) is 7.89. The quantitative estimate of drug-likeness (QED) is 0.228. The van der Waals surface area contributed by atoms with E-state index >= 15 is 0 Å². The van der Waals surface area contributed by atoms with E-state index in [4.69, 9.17) is 14.2 Å². The molecule has 3 aromatic carbocycles. The van der Waals surface area contributed by atoms with Crippen molar-refractivity contribution in [1.29, 1.82) is 0 Å². The fourth-order valence-electron chi connectivity index (χ4n) is 6.24. The monoisotopic (exact) mass is 660 g/mol. The number of H-pyrrole nitrogens is 1. The standard InChI is InChI=1S/C35H40N4O7S/c1-22-13-15-26(16-14-22)47(42,43)39-17-9-12-27(39)33(40)45-21-25-19-38(34(41)46-35(3,4)5)28-18-29(44-20-24-10-7-6-8-11-24)32-30(31(25)28)23(2)36-37-32/h6-8,10-11,13-16,18,25,27H,9,12,17,19-21H2,1-5H3,(H,36,37)/t25-,27+/m1/s1. The molecule has 1 amide bonds. The average Bonchev–Trinajstić information content (AvgIpc) is 3.76. The molecule has 0 aliphatic carbocycles. The van der Waals surface area contributed by atoms with Crippen LogP contribution in [0.5, 0.6) is 5.75 Å². The molecule has 1 aromatic heterocycles. The number of rotatable bonds is 8. The predicted molar refractivity (Wildman–Crippen MR) is 177 cm³/mol. The van der Waals surface area contributed by atoms with Crippen molar-refractivity contribution in [2.45, 2.75) is 76.5 Å². The van der Waals surface area contributed by atoms with Crippen LogP contribution in [-0.4, -0.2) is 66.3 Å². The molecule has 47 heavy (non-hydrogen) atoms. The number of anilines is 1. The highest BCUT2D eigenvalue weighted by atomic mass is 32.2. The molecular formula is C35H40N4O7S. The molecule has 0 unspecified atom stereocenters. The molecular weight excluding hydrogens is 620 g/mol. The van der Waals surface area contributed by atoms with Gasteiger partial charge < -0.3 is 14.2 Å². The molecule has 1 saturated heterocycles. The molecule has 2 atom stereocenters. The lowest BCUT2D eigenvalue weighted by atomic mass is 9.96. The van der Waals surface area contributed by atoms with Gasteiger partial charge in [0.15, 0.2) is 0 Å². The van der Waals surface area contributed by atoms with Gasteiger partial charge in [0.1, 0.15) is 36.1 Å². The number of carbonyl (C=O) groups excluding carboxylic acids is 2. The maximum Gasteiger partial charge on any atom is 0.414 e. The number of carbonyl (C=O) groups is 2. The Hall–Kier alpha value is -4.42. The number of ether oxygens (including phenoxy) is 3. The zero-order valence-corrected chi connectivity index (χ0v) is 28.1. The summed E-state index contributed by atoms with van der Waals surface area (Å²) in [7, 11) is -3.89. The highest BCUT2D eigenvalue weighted by Crippen LogP contribution is 2.46. The molecule has 3 heterocycles. The van der Waals surface area contributed by atoms with Gasteiger partial charge in [-0.2, -0.15) is 9.40 Å². The Balaban J connectivity index is 1.29. The maximum absolute atomic E-state index is 13.5. The van der Waals surface area contributed by atoms with Gasteiger partial charge in [0.25, 0.3) is 0 Å². The van der Waals surface area contributed by atoms with Crippen LogP contribution in [0.25, 0.3) is 10.9 Å². The minimum Gasteiger partial charge on any atom is -0.486 e. The summed E-state index contributed by atoms with van der Waals surface area (Å²) >= 11 is 0. The van der Waals surface area contributed by atoms with Gasteiger partial charge in [-0.15, -0.1) is 0 Å². The van der Waals surface area contributed by atoms with Crippen LogP contribution in [0.2, 0.25) is 0 Å². The topological polar surface area (TPSA) is 131 Å². The van der Waals surface area contributed by atoms with Crippen molar-refractivity contribution in [3.8, 4) is 5.75 Å². The zero-order valence-electron chi connectivity index (χ0n) is 27.3. The number of aromatic nitrogens is 2. The van der Waals surface area contributed by atoms with Gasteiger partial charge in [0.2, 0.25) is 10.0 Å². The number of amides is 1. The van der Waals surface area contributed by atoms with E-state index in [9.17, 15) is 18.0 Å². The van der Waals surface area contributed by atoms with E-state index in [2.05, 4.69) is 10.2 Å². The first-order valence-corrected chi connectivity index (χ1v) is 17.2. The van der Waals surface area contributed by atoms with Gasteiger partial charge in [0.05, 0.1) is 10.6 Å². The number of hydrogen-bond acceptors (Lipinski definition) is 8. The number of aromatic amines is 1. The van der Waals surface area contributed by atoms with Gasteiger partial charge in [-0.3, -0.25) is 14.8 Å². The van der Waals surface area contributed by atoms with Gasteiger partial charge in [-0.1, -0.05) is 48.0 Å². The Kier molecular flexibility index (Phi) is 8.75. The van der Waals surface area contributed by atoms with Crippen molar-refractivity contribution in [3.05, 3.63) is 83.0 Å². The molecule has 1 N–H and O–H groups in total. The van der Waals surface area contributed by atoms with E-state index in [1.165, 1.54) is 4.31 Å².